The lowest BCUT2D eigenvalue weighted by atomic mass is 10.2. The number of amides is 3. The van der Waals surface area contributed by atoms with Gasteiger partial charge in [-0.15, -0.1) is 0 Å². The number of hydrogen-bond acceptors (Lipinski definition) is 7. The second kappa shape index (κ2) is 8.73. The lowest BCUT2D eigenvalue weighted by molar-refractivity contribution is -0.143. The first-order chi connectivity index (χ1) is 14.9. The summed E-state index contributed by atoms with van der Waals surface area (Å²) >= 11 is 0.831. The number of ether oxygens (including phenoxy) is 2. The Bertz CT molecular complexity index is 1000. The zero-order valence-corrected chi connectivity index (χ0v) is 17.5. The number of imide groups is 1. The number of halogens is 6. The lowest BCUT2D eigenvalue weighted by Gasteiger charge is -2.21. The molecule has 0 spiro atoms. The third kappa shape index (κ3) is 4.90. The Morgan fingerprint density at radius 3 is 2.50 bits per heavy atom. The van der Waals surface area contributed by atoms with Gasteiger partial charge in [-0.1, -0.05) is 11.3 Å². The van der Waals surface area contributed by atoms with Crippen molar-refractivity contribution in [2.24, 2.45) is 0 Å². The van der Waals surface area contributed by atoms with Crippen molar-refractivity contribution in [2.75, 3.05) is 20.3 Å². The Balaban J connectivity index is 1.94. The van der Waals surface area contributed by atoms with Crippen LogP contribution in [-0.4, -0.2) is 69.0 Å². The molecule has 1 unspecified atom stereocenters. The van der Waals surface area contributed by atoms with Gasteiger partial charge < -0.3 is 14.4 Å². The number of nitrogens with zero attached hydrogens (tertiary/aromatic N) is 5. The topological polar surface area (TPSA) is 89.3 Å². The van der Waals surface area contributed by atoms with Crippen molar-refractivity contribution in [3.8, 4) is 0 Å². The van der Waals surface area contributed by atoms with E-state index in [0.29, 0.717) is 9.42 Å². The number of urea groups is 1. The molecule has 0 aromatic carbocycles. The fourth-order valence-corrected chi connectivity index (χ4v) is 4.17. The Morgan fingerprint density at radius 2 is 1.94 bits per heavy atom. The Hall–Kier alpha value is -2.62. The second-order valence-corrected chi connectivity index (χ2v) is 7.77. The van der Waals surface area contributed by atoms with E-state index in [1.807, 2.05) is 0 Å². The van der Waals surface area contributed by atoms with Crippen LogP contribution in [0.4, 0.5) is 35.9 Å². The molecule has 16 heteroatoms. The molecule has 3 heterocycles. The van der Waals surface area contributed by atoms with Crippen molar-refractivity contribution in [2.45, 2.75) is 44.9 Å². The third-order valence-electron chi connectivity index (χ3n) is 4.40. The van der Waals surface area contributed by atoms with Gasteiger partial charge in [-0.05, 0) is 6.92 Å². The first-order valence-corrected chi connectivity index (χ1v) is 9.92. The van der Waals surface area contributed by atoms with Crippen molar-refractivity contribution in [1.82, 2.24) is 24.4 Å². The van der Waals surface area contributed by atoms with Crippen molar-refractivity contribution < 1.29 is 45.4 Å². The molecule has 0 N–H and O–H groups in total. The Kier molecular flexibility index (Phi) is 6.55. The molecule has 32 heavy (non-hydrogen) atoms. The Morgan fingerprint density at radius 1 is 1.25 bits per heavy atom. The minimum absolute atomic E-state index is 0.0428. The summed E-state index contributed by atoms with van der Waals surface area (Å²) in [6.07, 6.45) is -12.5. The smallest absolute Gasteiger partial charge is 0.435 e. The van der Waals surface area contributed by atoms with Crippen LogP contribution in [0.1, 0.15) is 29.7 Å². The summed E-state index contributed by atoms with van der Waals surface area (Å²) in [5.74, 6) is 0. The van der Waals surface area contributed by atoms with Crippen molar-refractivity contribution in [1.29, 1.82) is 0 Å². The SMILES string of the molecule is CCOC(=O)N1C(=O)N(Cc2nc3sc(COC)nn3c2C(F)(F)F)CC1CC(F)(F)F. The molecule has 2 aromatic heterocycles. The number of carbonyl (C=O) groups excluding carboxylic acids is 2. The molecular formula is C16H17F6N5O4S. The maximum atomic E-state index is 13.7. The number of methoxy groups -OCH3 is 1. The van der Waals surface area contributed by atoms with Gasteiger partial charge in [0.25, 0.3) is 0 Å². The predicted molar refractivity (Wildman–Crippen MR) is 95.7 cm³/mol. The van der Waals surface area contributed by atoms with E-state index in [1.54, 1.807) is 0 Å². The molecule has 1 atom stereocenters. The maximum absolute atomic E-state index is 13.7. The van der Waals surface area contributed by atoms with E-state index in [2.05, 4.69) is 14.8 Å². The predicted octanol–water partition coefficient (Wildman–Crippen LogP) is 3.67. The largest absolute Gasteiger partial charge is 0.449 e. The molecule has 3 rings (SSSR count). The van der Waals surface area contributed by atoms with Gasteiger partial charge in [0.05, 0.1) is 37.9 Å². The molecule has 2 aromatic rings. The van der Waals surface area contributed by atoms with E-state index in [1.165, 1.54) is 14.0 Å². The van der Waals surface area contributed by atoms with Gasteiger partial charge in [-0.25, -0.2) is 19.5 Å². The summed E-state index contributed by atoms with van der Waals surface area (Å²) in [4.78, 5) is 29.4. The molecule has 9 nitrogen and oxygen atoms in total. The molecule has 3 amide bonds. The van der Waals surface area contributed by atoms with Gasteiger partial charge in [0.2, 0.25) is 4.96 Å². The highest BCUT2D eigenvalue weighted by Crippen LogP contribution is 2.36. The normalized spacial score (nSPS) is 17.6. The van der Waals surface area contributed by atoms with Crippen LogP contribution >= 0.6 is 11.3 Å². The standard InChI is InChI=1S/C16H17F6N5O4S/c1-3-31-14(29)26-8(4-15(17,18)19)5-25(13(26)28)6-9-11(16(20,21)22)27-12(23-9)32-10(24-27)7-30-2/h8H,3-7H2,1-2H3. The first-order valence-electron chi connectivity index (χ1n) is 9.10. The minimum atomic E-state index is -4.91. The van der Waals surface area contributed by atoms with E-state index >= 15 is 0 Å². The molecule has 0 radical (unpaired) electrons. The third-order valence-corrected chi connectivity index (χ3v) is 5.28. The van der Waals surface area contributed by atoms with Crippen LogP contribution in [0.3, 0.4) is 0 Å². The summed E-state index contributed by atoms with van der Waals surface area (Å²) in [5, 5.41) is 4.03. The van der Waals surface area contributed by atoms with Gasteiger partial charge in [-0.2, -0.15) is 36.0 Å². The molecule has 0 bridgehead atoms. The zero-order chi connectivity index (χ0) is 23.8. The van der Waals surface area contributed by atoms with Crippen LogP contribution in [0.2, 0.25) is 0 Å². The van der Waals surface area contributed by atoms with Gasteiger partial charge >= 0.3 is 24.5 Å². The monoisotopic (exact) mass is 489 g/mol. The number of hydrogen-bond donors (Lipinski definition) is 0. The summed E-state index contributed by atoms with van der Waals surface area (Å²) in [6, 6.07) is -2.85. The highest BCUT2D eigenvalue weighted by atomic mass is 32.1. The Labute approximate surface area is 180 Å². The number of imidazole rings is 1. The quantitative estimate of drug-likeness (QED) is 0.576. The van der Waals surface area contributed by atoms with Crippen molar-refractivity contribution >= 4 is 28.4 Å². The van der Waals surface area contributed by atoms with Gasteiger partial charge in [0, 0.05) is 13.7 Å². The first kappa shape index (κ1) is 24.0. The van der Waals surface area contributed by atoms with E-state index in [0.717, 1.165) is 11.3 Å². The number of carbonyl (C=O) groups is 2. The lowest BCUT2D eigenvalue weighted by Crippen LogP contribution is -2.42. The number of aromatic nitrogens is 3. The van der Waals surface area contributed by atoms with Crippen molar-refractivity contribution in [3.63, 3.8) is 0 Å². The molecule has 0 saturated carbocycles. The highest BCUT2D eigenvalue weighted by molar-refractivity contribution is 7.16. The molecule has 0 aliphatic carbocycles. The summed E-state index contributed by atoms with van der Waals surface area (Å²) in [6.45, 7) is -0.256. The van der Waals surface area contributed by atoms with E-state index in [9.17, 15) is 35.9 Å². The molecule has 1 aliphatic rings. The van der Waals surface area contributed by atoms with E-state index in [-0.39, 0.29) is 28.1 Å². The summed E-state index contributed by atoms with van der Waals surface area (Å²) in [7, 11) is 1.34. The van der Waals surface area contributed by atoms with E-state index < -0.39 is 61.4 Å². The molecule has 178 valence electrons. The fraction of sp³-hybridized carbons (Fsp3) is 0.625. The second-order valence-electron chi connectivity index (χ2n) is 6.73. The number of rotatable bonds is 6. The van der Waals surface area contributed by atoms with E-state index in [4.69, 9.17) is 4.74 Å². The molecule has 1 saturated heterocycles. The number of fused-ring (bicyclic) bond motifs is 1. The summed E-state index contributed by atoms with van der Waals surface area (Å²) < 4.78 is 90.0. The van der Waals surface area contributed by atoms with Crippen molar-refractivity contribution in [3.05, 3.63) is 16.4 Å². The average Bonchev–Trinajstić information content (AvgIpc) is 3.24. The summed E-state index contributed by atoms with van der Waals surface area (Å²) in [5.41, 5.74) is -1.87. The van der Waals surface area contributed by atoms with Crippen LogP contribution < -0.4 is 0 Å². The van der Waals surface area contributed by atoms with Crippen LogP contribution in [-0.2, 0) is 28.8 Å². The molecule has 1 aliphatic heterocycles. The zero-order valence-electron chi connectivity index (χ0n) is 16.7. The molecule has 1 fully saturated rings. The van der Waals surface area contributed by atoms with Gasteiger partial charge in [-0.3, -0.25) is 0 Å². The molecular weight excluding hydrogens is 472 g/mol. The minimum Gasteiger partial charge on any atom is -0.449 e. The van der Waals surface area contributed by atoms with Crippen LogP contribution in [0.15, 0.2) is 0 Å². The maximum Gasteiger partial charge on any atom is 0.435 e. The van der Waals surface area contributed by atoms with Crippen LogP contribution in [0, 0.1) is 0 Å². The van der Waals surface area contributed by atoms with Gasteiger partial charge in [0.1, 0.15) is 5.01 Å². The average molecular weight is 489 g/mol. The van der Waals surface area contributed by atoms with Gasteiger partial charge in [0.15, 0.2) is 5.69 Å². The highest BCUT2D eigenvalue weighted by Gasteiger charge is 2.48. The fourth-order valence-electron chi connectivity index (χ4n) is 3.28. The van der Waals surface area contributed by atoms with Crippen LogP contribution in [0.5, 0.6) is 0 Å². The number of alkyl halides is 6. The van der Waals surface area contributed by atoms with Crippen LogP contribution in [0.25, 0.3) is 4.96 Å².